The molecule has 1 N–H and O–H groups in total. The van der Waals surface area contributed by atoms with Crippen molar-refractivity contribution in [3.8, 4) is 0 Å². The molecule has 0 radical (unpaired) electrons. The van der Waals surface area contributed by atoms with E-state index in [0.29, 0.717) is 30.3 Å². The van der Waals surface area contributed by atoms with Crippen LogP contribution in [0.4, 0.5) is 5.82 Å². The van der Waals surface area contributed by atoms with Gasteiger partial charge in [-0.1, -0.05) is 30.7 Å². The number of carbonyl (C=O) groups is 1. The highest BCUT2D eigenvalue weighted by Gasteiger charge is 2.24. The number of nitrogens with zero attached hydrogens (tertiary/aromatic N) is 2. The summed E-state index contributed by atoms with van der Waals surface area (Å²) in [7, 11) is 1.68. The maximum absolute atomic E-state index is 13.0. The van der Waals surface area contributed by atoms with E-state index in [1.54, 1.807) is 18.9 Å². The summed E-state index contributed by atoms with van der Waals surface area (Å²) in [6.07, 6.45) is 0.0236. The topological polar surface area (TPSA) is 63.7 Å². The molecule has 1 saturated heterocycles. The quantitative estimate of drug-likeness (QED) is 0.616. The van der Waals surface area contributed by atoms with Gasteiger partial charge < -0.3 is 19.7 Å². The highest BCUT2D eigenvalue weighted by Crippen LogP contribution is 2.28. The predicted octanol–water partition coefficient (Wildman–Crippen LogP) is 3.94. The zero-order valence-electron chi connectivity index (χ0n) is 17.6. The SMILES string of the molecule is CCSc1nc(N2CCO[C@H](COC)C2)cc(C)c1C(=O)NCc1ccc(Cl)cc1. The van der Waals surface area contributed by atoms with Crippen LogP contribution in [0.5, 0.6) is 0 Å². The lowest BCUT2D eigenvalue weighted by molar-refractivity contribution is -0.0102. The molecule has 3 rings (SSSR count). The van der Waals surface area contributed by atoms with Crippen molar-refractivity contribution in [2.75, 3.05) is 44.1 Å². The Bertz CT molecular complexity index is 861. The summed E-state index contributed by atoms with van der Waals surface area (Å²) in [5.74, 6) is 1.60. The molecule has 8 heteroatoms. The van der Waals surface area contributed by atoms with E-state index >= 15 is 0 Å². The van der Waals surface area contributed by atoms with Crippen LogP contribution >= 0.6 is 23.4 Å². The molecule has 1 atom stereocenters. The summed E-state index contributed by atoms with van der Waals surface area (Å²) in [5, 5.41) is 4.45. The fourth-order valence-electron chi connectivity index (χ4n) is 3.39. The van der Waals surface area contributed by atoms with E-state index in [9.17, 15) is 4.79 Å². The molecule has 2 aromatic rings. The molecule has 0 bridgehead atoms. The molecule has 0 spiro atoms. The van der Waals surface area contributed by atoms with Crippen molar-refractivity contribution in [1.82, 2.24) is 10.3 Å². The number of carbonyl (C=O) groups excluding carboxylic acids is 1. The fraction of sp³-hybridized carbons (Fsp3) is 0.455. The number of amides is 1. The first-order valence-electron chi connectivity index (χ1n) is 10.0. The third-order valence-corrected chi connectivity index (χ3v) is 5.97. The lowest BCUT2D eigenvalue weighted by Crippen LogP contribution is -2.44. The molecule has 1 aliphatic heterocycles. The van der Waals surface area contributed by atoms with Crippen LogP contribution in [0.15, 0.2) is 35.4 Å². The molecule has 0 aliphatic carbocycles. The predicted molar refractivity (Wildman–Crippen MR) is 122 cm³/mol. The number of aryl methyl sites for hydroxylation is 1. The number of halogens is 1. The standard InChI is InChI=1S/C22H28ClN3O3S/c1-4-30-22-20(21(27)24-12-16-5-7-17(23)8-6-16)15(2)11-19(25-22)26-9-10-29-18(13-26)14-28-3/h5-8,11,18H,4,9-10,12-14H2,1-3H3,(H,24,27)/t18-/m0/s1. The molecule has 1 amide bonds. The Morgan fingerprint density at radius 3 is 2.87 bits per heavy atom. The number of thioether (sulfide) groups is 1. The maximum atomic E-state index is 13.0. The Kier molecular flexibility index (Phi) is 8.39. The van der Waals surface area contributed by atoms with Crippen molar-refractivity contribution in [1.29, 1.82) is 0 Å². The van der Waals surface area contributed by atoms with Gasteiger partial charge in [-0.15, -0.1) is 11.8 Å². The van der Waals surface area contributed by atoms with E-state index in [-0.39, 0.29) is 12.0 Å². The largest absolute Gasteiger partial charge is 0.382 e. The first-order valence-corrected chi connectivity index (χ1v) is 11.4. The minimum Gasteiger partial charge on any atom is -0.382 e. The number of benzene rings is 1. The number of hydrogen-bond acceptors (Lipinski definition) is 6. The summed E-state index contributed by atoms with van der Waals surface area (Å²) in [4.78, 5) is 20.0. The average Bonchev–Trinajstić information content (AvgIpc) is 2.73. The minimum absolute atomic E-state index is 0.0236. The summed E-state index contributed by atoms with van der Waals surface area (Å²) < 4.78 is 11.0. The molecule has 0 saturated carbocycles. The smallest absolute Gasteiger partial charge is 0.254 e. The van der Waals surface area contributed by atoms with E-state index in [0.717, 1.165) is 40.8 Å². The molecule has 1 aliphatic rings. The Morgan fingerprint density at radius 2 is 2.17 bits per heavy atom. The van der Waals surface area contributed by atoms with Gasteiger partial charge in [0.2, 0.25) is 0 Å². The summed E-state index contributed by atoms with van der Waals surface area (Å²) >= 11 is 7.52. The second-order valence-electron chi connectivity index (χ2n) is 7.11. The van der Waals surface area contributed by atoms with Crippen LogP contribution in [-0.2, 0) is 16.0 Å². The maximum Gasteiger partial charge on any atom is 0.254 e. The van der Waals surface area contributed by atoms with Crippen LogP contribution in [-0.4, -0.2) is 56.2 Å². The second-order valence-corrected chi connectivity index (χ2v) is 8.80. The van der Waals surface area contributed by atoms with Crippen LogP contribution in [0, 0.1) is 6.92 Å². The van der Waals surface area contributed by atoms with E-state index in [1.807, 2.05) is 37.3 Å². The number of aromatic nitrogens is 1. The molecule has 6 nitrogen and oxygen atoms in total. The molecule has 162 valence electrons. The Hall–Kier alpha value is -1.80. The van der Waals surface area contributed by atoms with Gasteiger partial charge in [-0.25, -0.2) is 4.98 Å². The molecule has 1 aromatic heterocycles. The van der Waals surface area contributed by atoms with Gasteiger partial charge in [0.25, 0.3) is 5.91 Å². The first kappa shape index (κ1) is 22.9. The van der Waals surface area contributed by atoms with Crippen LogP contribution in [0.3, 0.4) is 0 Å². The average molecular weight is 450 g/mol. The number of nitrogens with one attached hydrogen (secondary N) is 1. The lowest BCUT2D eigenvalue weighted by Gasteiger charge is -2.34. The molecule has 1 fully saturated rings. The number of pyridine rings is 1. The summed E-state index contributed by atoms with van der Waals surface area (Å²) in [6.45, 7) is 7.15. The molecular formula is C22H28ClN3O3S. The lowest BCUT2D eigenvalue weighted by atomic mass is 10.1. The zero-order valence-corrected chi connectivity index (χ0v) is 19.2. The van der Waals surface area contributed by atoms with Gasteiger partial charge in [-0.2, -0.15) is 0 Å². The van der Waals surface area contributed by atoms with Crippen molar-refractivity contribution in [3.63, 3.8) is 0 Å². The monoisotopic (exact) mass is 449 g/mol. The third-order valence-electron chi connectivity index (χ3n) is 4.86. The van der Waals surface area contributed by atoms with Gasteiger partial charge in [0.15, 0.2) is 0 Å². The van der Waals surface area contributed by atoms with E-state index in [1.165, 1.54) is 0 Å². The first-order chi connectivity index (χ1) is 14.5. The van der Waals surface area contributed by atoms with E-state index in [4.69, 9.17) is 26.1 Å². The van der Waals surface area contributed by atoms with Gasteiger partial charge >= 0.3 is 0 Å². The van der Waals surface area contributed by atoms with Crippen molar-refractivity contribution in [2.24, 2.45) is 0 Å². The van der Waals surface area contributed by atoms with Crippen molar-refractivity contribution < 1.29 is 14.3 Å². The van der Waals surface area contributed by atoms with Crippen LogP contribution in [0.25, 0.3) is 0 Å². The number of anilines is 1. The van der Waals surface area contributed by atoms with Crippen molar-refractivity contribution in [2.45, 2.75) is 31.5 Å². The number of rotatable bonds is 8. The normalized spacial score (nSPS) is 16.5. The van der Waals surface area contributed by atoms with Gasteiger partial charge in [0.05, 0.1) is 24.9 Å². The number of methoxy groups -OCH3 is 1. The molecule has 2 heterocycles. The van der Waals surface area contributed by atoms with Gasteiger partial charge in [-0.3, -0.25) is 4.79 Å². The molecular weight excluding hydrogens is 422 g/mol. The summed E-state index contributed by atoms with van der Waals surface area (Å²) in [5.41, 5.74) is 2.55. The number of hydrogen-bond donors (Lipinski definition) is 1. The zero-order chi connectivity index (χ0) is 21.5. The second kappa shape index (κ2) is 11.0. The highest BCUT2D eigenvalue weighted by atomic mass is 35.5. The third kappa shape index (κ3) is 5.88. The van der Waals surface area contributed by atoms with Gasteiger partial charge in [0, 0.05) is 31.8 Å². The Morgan fingerprint density at radius 1 is 1.40 bits per heavy atom. The number of ether oxygens (including phenoxy) is 2. The molecule has 1 aromatic carbocycles. The van der Waals surface area contributed by atoms with Gasteiger partial charge in [0.1, 0.15) is 10.8 Å². The van der Waals surface area contributed by atoms with Crippen LogP contribution < -0.4 is 10.2 Å². The van der Waals surface area contributed by atoms with Crippen LogP contribution in [0.2, 0.25) is 5.02 Å². The van der Waals surface area contributed by atoms with Crippen LogP contribution in [0.1, 0.15) is 28.4 Å². The number of morpholine rings is 1. The molecule has 0 unspecified atom stereocenters. The fourth-order valence-corrected chi connectivity index (χ4v) is 4.35. The van der Waals surface area contributed by atoms with Crippen molar-refractivity contribution in [3.05, 3.63) is 52.0 Å². The summed E-state index contributed by atoms with van der Waals surface area (Å²) in [6, 6.07) is 9.46. The Labute approximate surface area is 187 Å². The van der Waals surface area contributed by atoms with E-state index < -0.39 is 0 Å². The van der Waals surface area contributed by atoms with Gasteiger partial charge in [-0.05, 0) is 42.0 Å². The molecule has 30 heavy (non-hydrogen) atoms. The van der Waals surface area contributed by atoms with Crippen molar-refractivity contribution >= 4 is 35.1 Å². The van der Waals surface area contributed by atoms with E-state index in [2.05, 4.69) is 17.1 Å². The Balaban J connectivity index is 1.78. The highest BCUT2D eigenvalue weighted by molar-refractivity contribution is 7.99. The minimum atomic E-state index is -0.114.